The number of para-hydroxylation sites is 4. The van der Waals surface area contributed by atoms with Crippen molar-refractivity contribution >= 4 is 55.9 Å². The van der Waals surface area contributed by atoms with E-state index in [2.05, 4.69) is 160 Å². The van der Waals surface area contributed by atoms with Gasteiger partial charge in [-0.1, -0.05) is 133 Å². The molecule has 0 fully saturated rings. The third-order valence-corrected chi connectivity index (χ3v) is 12.0. The van der Waals surface area contributed by atoms with Gasteiger partial charge in [0.2, 0.25) is 0 Å². The molecule has 0 spiro atoms. The molecule has 0 amide bonds. The first-order valence-corrected chi connectivity index (χ1v) is 22.0. The predicted molar refractivity (Wildman–Crippen MR) is 271 cm³/mol. The molecular weight excluding hydrogens is 819 g/mol. The predicted octanol–water partition coefficient (Wildman–Crippen LogP) is 15.3. The van der Waals surface area contributed by atoms with Crippen LogP contribution in [0.1, 0.15) is 11.1 Å². The summed E-state index contributed by atoms with van der Waals surface area (Å²) in [5.74, 6) is 0.503. The zero-order chi connectivity index (χ0) is 45.1. The molecule has 0 aliphatic carbocycles. The van der Waals surface area contributed by atoms with Crippen molar-refractivity contribution in [1.29, 1.82) is 10.5 Å². The van der Waals surface area contributed by atoms with Gasteiger partial charge in [0.15, 0.2) is 5.82 Å². The van der Waals surface area contributed by atoms with Crippen LogP contribution in [0.5, 0.6) is 0 Å². The van der Waals surface area contributed by atoms with Gasteiger partial charge in [0.05, 0.1) is 45.7 Å². The molecule has 0 saturated heterocycles. The van der Waals surface area contributed by atoms with E-state index in [1.54, 1.807) is 0 Å². The molecule has 2 aromatic heterocycles. The average Bonchev–Trinajstić information content (AvgIpc) is 3.73. The number of hydrogen-bond donors (Lipinski definition) is 0. The van der Waals surface area contributed by atoms with E-state index in [-0.39, 0.29) is 0 Å². The lowest BCUT2D eigenvalue weighted by Gasteiger charge is -2.26. The molecule has 0 radical (unpaired) electrons. The number of nitrogens with zero attached hydrogens (tertiary/aromatic N) is 7. The minimum atomic E-state index is 0.327. The van der Waals surface area contributed by atoms with Gasteiger partial charge in [0, 0.05) is 67.3 Å². The van der Waals surface area contributed by atoms with E-state index in [4.69, 9.17) is 9.97 Å². The van der Waals surface area contributed by atoms with Gasteiger partial charge in [-0.25, -0.2) is 9.97 Å². The molecule has 0 bridgehead atoms. The maximum atomic E-state index is 11.0. The number of nitriles is 2. The maximum absolute atomic E-state index is 11.0. The van der Waals surface area contributed by atoms with Gasteiger partial charge < -0.3 is 14.4 Å². The molecule has 0 N–H and O–H groups in total. The first kappa shape index (κ1) is 40.2. The summed E-state index contributed by atoms with van der Waals surface area (Å²) < 4.78 is 2.17. The van der Waals surface area contributed by atoms with Crippen LogP contribution >= 0.6 is 0 Å². The molecule has 0 atom stereocenters. The van der Waals surface area contributed by atoms with Gasteiger partial charge in [-0.3, -0.25) is 0 Å². The minimum absolute atomic E-state index is 0.327. The van der Waals surface area contributed by atoms with E-state index in [0.717, 1.165) is 67.1 Å². The van der Waals surface area contributed by atoms with Crippen molar-refractivity contribution in [2.24, 2.45) is 0 Å². The van der Waals surface area contributed by atoms with Crippen molar-refractivity contribution in [2.45, 2.75) is 0 Å². The van der Waals surface area contributed by atoms with Crippen LogP contribution < -0.4 is 9.80 Å². The highest BCUT2D eigenvalue weighted by Gasteiger charge is 2.23. The summed E-state index contributed by atoms with van der Waals surface area (Å²) in [6, 6.07) is 84.8. The van der Waals surface area contributed by atoms with Gasteiger partial charge in [-0.05, 0) is 103 Å². The molecule has 9 aromatic carbocycles. The highest BCUT2D eigenvalue weighted by atomic mass is 15.1. The monoisotopic (exact) mass is 857 g/mol. The first-order valence-electron chi connectivity index (χ1n) is 22.0. The standard InChI is InChI=1S/C60H39N7/c61-40-44-35-52(36-45(41-62)59(44)56-39-55(42-19-7-1-8-20-42)63-60(64-56)43-21-9-2-10-22-43)67-57-33-31-50(65(46-23-11-3-12-24-46)47-25-13-4-14-26-47)37-53(57)54-38-51(32-34-58(54)67)66(48-27-15-5-16-28-48)49-29-17-6-18-30-49/h1-39H. The smallest absolute Gasteiger partial charge is 0.160 e. The van der Waals surface area contributed by atoms with Crippen molar-refractivity contribution in [3.63, 3.8) is 0 Å². The number of benzene rings is 9. The molecule has 67 heavy (non-hydrogen) atoms. The van der Waals surface area contributed by atoms with Crippen LogP contribution in [0.2, 0.25) is 0 Å². The maximum Gasteiger partial charge on any atom is 0.160 e. The Morgan fingerprint density at radius 3 is 1.13 bits per heavy atom. The van der Waals surface area contributed by atoms with Crippen LogP contribution in [0.25, 0.3) is 61.4 Å². The van der Waals surface area contributed by atoms with E-state index < -0.39 is 0 Å². The van der Waals surface area contributed by atoms with Crippen molar-refractivity contribution in [2.75, 3.05) is 9.80 Å². The summed E-state index contributed by atoms with van der Waals surface area (Å²) in [6.07, 6.45) is 0. The van der Waals surface area contributed by atoms with Crippen molar-refractivity contribution in [3.8, 4) is 51.7 Å². The van der Waals surface area contributed by atoms with Crippen molar-refractivity contribution < 1.29 is 0 Å². The Morgan fingerprint density at radius 1 is 0.358 bits per heavy atom. The van der Waals surface area contributed by atoms with Gasteiger partial charge in [0.1, 0.15) is 0 Å². The van der Waals surface area contributed by atoms with Crippen LogP contribution in [0.15, 0.2) is 237 Å². The van der Waals surface area contributed by atoms with Crippen LogP contribution in [-0.4, -0.2) is 14.5 Å². The normalized spacial score (nSPS) is 11.0. The van der Waals surface area contributed by atoms with Gasteiger partial charge in [-0.2, -0.15) is 10.5 Å². The highest BCUT2D eigenvalue weighted by Crippen LogP contribution is 2.43. The Bertz CT molecular complexity index is 3330. The largest absolute Gasteiger partial charge is 0.310 e. The molecule has 314 valence electrons. The molecule has 0 aliphatic rings. The molecule has 2 heterocycles. The number of rotatable bonds is 10. The first-order chi connectivity index (χ1) is 33.1. The summed E-state index contributed by atoms with van der Waals surface area (Å²) in [4.78, 5) is 14.5. The zero-order valence-electron chi connectivity index (χ0n) is 36.1. The molecular formula is C60H39N7. The molecule has 0 saturated carbocycles. The molecule has 7 nitrogen and oxygen atoms in total. The van der Waals surface area contributed by atoms with Gasteiger partial charge in [0.25, 0.3) is 0 Å². The number of fused-ring (bicyclic) bond motifs is 3. The lowest BCUT2D eigenvalue weighted by molar-refractivity contribution is 1.16. The second-order valence-electron chi connectivity index (χ2n) is 16.1. The van der Waals surface area contributed by atoms with E-state index in [1.807, 2.05) is 103 Å². The highest BCUT2D eigenvalue weighted by molar-refractivity contribution is 6.12. The van der Waals surface area contributed by atoms with Crippen LogP contribution in [0.4, 0.5) is 34.1 Å². The quantitative estimate of drug-likeness (QED) is 0.136. The van der Waals surface area contributed by atoms with E-state index >= 15 is 0 Å². The lowest BCUT2D eigenvalue weighted by atomic mass is 9.96. The summed E-state index contributed by atoms with van der Waals surface area (Å²) in [7, 11) is 0. The fraction of sp³-hybridized carbons (Fsp3) is 0. The Morgan fingerprint density at radius 2 is 0.731 bits per heavy atom. The topological polar surface area (TPSA) is 84.8 Å². The van der Waals surface area contributed by atoms with Crippen LogP contribution in [-0.2, 0) is 0 Å². The summed E-state index contributed by atoms with van der Waals surface area (Å²) in [5.41, 5.74) is 12.6. The SMILES string of the molecule is N#Cc1cc(-n2c3ccc(N(c4ccccc4)c4ccccc4)cc3c3cc(N(c4ccccc4)c4ccccc4)ccc32)cc(C#N)c1-c1cc(-c2ccccc2)nc(-c2ccccc2)n1. The van der Waals surface area contributed by atoms with Crippen LogP contribution in [0.3, 0.4) is 0 Å². The lowest BCUT2D eigenvalue weighted by Crippen LogP contribution is -2.09. The Kier molecular flexibility index (Phi) is 10.5. The molecule has 7 heteroatoms. The Labute approximate surface area is 388 Å². The van der Waals surface area contributed by atoms with Crippen molar-refractivity contribution in [1.82, 2.24) is 14.5 Å². The number of hydrogen-bond acceptors (Lipinski definition) is 6. The Balaban J connectivity index is 1.15. The zero-order valence-corrected chi connectivity index (χ0v) is 36.1. The molecule has 11 aromatic rings. The number of aromatic nitrogens is 3. The van der Waals surface area contributed by atoms with Crippen molar-refractivity contribution in [3.05, 3.63) is 248 Å². The van der Waals surface area contributed by atoms with Gasteiger partial charge >= 0.3 is 0 Å². The summed E-state index contributed by atoms with van der Waals surface area (Å²) in [6.45, 7) is 0. The van der Waals surface area contributed by atoms with Crippen LogP contribution in [0, 0.1) is 22.7 Å². The van der Waals surface area contributed by atoms with Gasteiger partial charge in [-0.15, -0.1) is 0 Å². The fourth-order valence-electron chi connectivity index (χ4n) is 9.01. The number of anilines is 6. The second-order valence-corrected chi connectivity index (χ2v) is 16.1. The molecule has 11 rings (SSSR count). The van der Waals surface area contributed by atoms with E-state index in [9.17, 15) is 10.5 Å². The average molecular weight is 858 g/mol. The van der Waals surface area contributed by atoms with E-state index in [0.29, 0.717) is 39.6 Å². The fourth-order valence-corrected chi connectivity index (χ4v) is 9.01. The third-order valence-electron chi connectivity index (χ3n) is 12.0. The Hall–Kier alpha value is -9.56. The molecule has 0 unspecified atom stereocenters. The minimum Gasteiger partial charge on any atom is -0.310 e. The molecule has 0 aliphatic heterocycles. The van der Waals surface area contributed by atoms with E-state index in [1.165, 1.54) is 0 Å². The third kappa shape index (κ3) is 7.59. The summed E-state index contributed by atoms with van der Waals surface area (Å²) >= 11 is 0. The summed E-state index contributed by atoms with van der Waals surface area (Å²) in [5, 5.41) is 24.1. The second kappa shape index (κ2) is 17.5.